The number of carbonyl (C=O) groups is 3. The summed E-state index contributed by atoms with van der Waals surface area (Å²) in [6.45, 7) is 36.9. The molecule has 8 rings (SSSR count). The summed E-state index contributed by atoms with van der Waals surface area (Å²) in [6.07, 6.45) is 13.5. The van der Waals surface area contributed by atoms with Crippen LogP contribution in [-0.4, -0.2) is 79.2 Å². The van der Waals surface area contributed by atoms with Gasteiger partial charge in [-0.05, 0) is 137 Å². The third-order valence-corrected chi connectivity index (χ3v) is 12.2. The second-order valence-electron chi connectivity index (χ2n) is 22.7. The molecule has 0 bridgehead atoms. The van der Waals surface area contributed by atoms with E-state index in [0.29, 0.717) is 47.9 Å². The van der Waals surface area contributed by atoms with Crippen LogP contribution in [0.1, 0.15) is 208 Å². The van der Waals surface area contributed by atoms with Gasteiger partial charge in [0.25, 0.3) is 11.8 Å². The molecule has 17 heteroatoms. The summed E-state index contributed by atoms with van der Waals surface area (Å²) in [4.78, 5) is 43.4. The van der Waals surface area contributed by atoms with Crippen LogP contribution in [-0.2, 0) is 16.1 Å². The number of allylic oxidation sites excluding steroid dienone is 2. The predicted molar refractivity (Wildman–Crippen MR) is 335 cm³/mol. The van der Waals surface area contributed by atoms with Crippen LogP contribution in [0.25, 0.3) is 11.0 Å². The number of dihydropyridines is 1. The molecule has 83 heavy (non-hydrogen) atoms. The summed E-state index contributed by atoms with van der Waals surface area (Å²) in [5.41, 5.74) is 18.9. The van der Waals surface area contributed by atoms with E-state index in [2.05, 4.69) is 146 Å². The molecule has 0 spiro atoms. The number of fused-ring (bicyclic) bond motifs is 2. The molecule has 454 valence electrons. The Bertz CT molecular complexity index is 2980. The third-order valence-electron chi connectivity index (χ3n) is 12.2. The number of nitrogens with zero attached hydrogens (tertiary/aromatic N) is 4. The van der Waals surface area contributed by atoms with Gasteiger partial charge in [-0.25, -0.2) is 14.4 Å². The fraction of sp³-hybridized carbons (Fsp3) is 0.470. The largest absolute Gasteiger partial charge is 0.481 e. The Kier molecular flexibility index (Phi) is 33.1. The first-order valence-electron chi connectivity index (χ1n) is 28.3. The lowest BCUT2D eigenvalue weighted by Gasteiger charge is -2.19. The minimum Gasteiger partial charge on any atom is -0.481 e. The summed E-state index contributed by atoms with van der Waals surface area (Å²) < 4.78 is 23.1. The van der Waals surface area contributed by atoms with Crippen LogP contribution in [0.5, 0.6) is 5.88 Å². The zero-order chi connectivity index (χ0) is 63.1. The molecular formula is C66H97FN10O6. The standard InChI is InChI=1S/C11H13NO.C10H12FNO.C10H12N2.C9H15NO.C9H13NO.C8H14O.C5H9N3.C4H9NO/c1-7(2)8-3-4-9-6-12-11(13)10(9)5-8;1-6(2)7-3-4-9(11)8(5-7)10(12)13;1-7(2)9-5-8-3-4-11-10(8)12-6-9;2*1-7(2)8-4-5-10-9(6-8)11-3;1-7(2)5-6-8(3,4)9;1-4(2)5-3-6-8-7-5;1-3(2)4(5)6/h3-5,7H,6H2,1-2H3,(H,12,13);3-6H,1-2H3,(H2,12,13);3-7H,1-2H3,(H,11,12);4-7,9-10H,1-3H3;4-7H,1-3H3;7,9H,1-4H3;3-4H,1-2H3,(H,6,7,8);3H,1-2H3,(H2,5,6). The zero-order valence-corrected chi connectivity index (χ0v) is 53.0. The van der Waals surface area contributed by atoms with Gasteiger partial charge >= 0.3 is 0 Å². The topological polar surface area (TPSA) is 249 Å². The highest BCUT2D eigenvalue weighted by Crippen LogP contribution is 2.23. The van der Waals surface area contributed by atoms with E-state index in [4.69, 9.17) is 26.0 Å². The predicted octanol–water partition coefficient (Wildman–Crippen LogP) is 13.1. The lowest BCUT2D eigenvalue weighted by molar-refractivity contribution is -0.120. The second kappa shape index (κ2) is 37.4. The maximum Gasteiger partial charge on any atom is 0.251 e. The lowest BCUT2D eigenvalue weighted by atomic mass is 9.98. The molecule has 1 atom stereocenters. The zero-order valence-electron chi connectivity index (χ0n) is 53.0. The van der Waals surface area contributed by atoms with Gasteiger partial charge in [0.2, 0.25) is 11.8 Å². The van der Waals surface area contributed by atoms with Crippen LogP contribution < -0.4 is 26.8 Å². The van der Waals surface area contributed by atoms with E-state index in [1.54, 1.807) is 60.4 Å². The summed E-state index contributed by atoms with van der Waals surface area (Å²) in [5.74, 6) is 8.07. The number of methoxy groups -OCH3 is 2. The third kappa shape index (κ3) is 29.2. The number of aromatic amines is 2. The first kappa shape index (κ1) is 73.3. The van der Waals surface area contributed by atoms with Gasteiger partial charge in [-0.1, -0.05) is 141 Å². The summed E-state index contributed by atoms with van der Waals surface area (Å²) in [5, 5.41) is 26.3. The molecule has 6 heterocycles. The molecule has 2 aromatic carbocycles. The number of aromatic nitrogens is 6. The first-order chi connectivity index (χ1) is 38.8. The number of primary amides is 2. The van der Waals surface area contributed by atoms with Crippen LogP contribution in [0.3, 0.4) is 0 Å². The van der Waals surface area contributed by atoms with Crippen LogP contribution >= 0.6 is 0 Å². The number of halogens is 1. The monoisotopic (exact) mass is 1140 g/mol. The summed E-state index contributed by atoms with van der Waals surface area (Å²) in [7, 11) is 3.33. The Balaban J connectivity index is 0.000000479. The van der Waals surface area contributed by atoms with E-state index in [9.17, 15) is 18.8 Å². The van der Waals surface area contributed by atoms with Gasteiger partial charge in [0.15, 0.2) is 0 Å². The van der Waals surface area contributed by atoms with Gasteiger partial charge in [-0.3, -0.25) is 14.4 Å². The fourth-order valence-corrected chi connectivity index (χ4v) is 6.70. The molecule has 2 aliphatic heterocycles. The van der Waals surface area contributed by atoms with Crippen LogP contribution in [0.2, 0.25) is 0 Å². The van der Waals surface area contributed by atoms with Gasteiger partial charge < -0.3 is 41.7 Å². The van der Waals surface area contributed by atoms with Crippen molar-refractivity contribution >= 4 is 28.8 Å². The minimum atomic E-state index is -0.829. The van der Waals surface area contributed by atoms with Gasteiger partial charge in [0, 0.05) is 61.1 Å². The average Bonchev–Trinajstić information content (AvgIpc) is 4.26. The van der Waals surface area contributed by atoms with Crippen molar-refractivity contribution in [3.8, 4) is 17.7 Å². The second-order valence-corrected chi connectivity index (χ2v) is 22.7. The number of H-pyrrole nitrogens is 2. The van der Waals surface area contributed by atoms with E-state index >= 15 is 0 Å². The Labute approximate surface area is 494 Å². The number of carbonyl (C=O) groups excluding carboxylic acids is 3. The number of aliphatic hydroxyl groups is 1. The van der Waals surface area contributed by atoms with Crippen molar-refractivity contribution in [3.63, 3.8) is 0 Å². The van der Waals surface area contributed by atoms with E-state index in [0.717, 1.165) is 28.0 Å². The first-order valence-corrected chi connectivity index (χ1v) is 28.3. The van der Waals surface area contributed by atoms with Gasteiger partial charge in [-0.15, -0.1) is 0 Å². The van der Waals surface area contributed by atoms with Crippen molar-refractivity contribution in [2.75, 3.05) is 14.2 Å². The summed E-state index contributed by atoms with van der Waals surface area (Å²) >= 11 is 0. The van der Waals surface area contributed by atoms with Crippen LogP contribution in [0, 0.1) is 35.4 Å². The van der Waals surface area contributed by atoms with Crippen molar-refractivity contribution in [1.29, 1.82) is 0 Å². The number of hydrogen-bond donors (Lipinski definition) is 7. The van der Waals surface area contributed by atoms with E-state index in [-0.39, 0.29) is 35.4 Å². The van der Waals surface area contributed by atoms with E-state index in [1.165, 1.54) is 39.8 Å². The quantitative estimate of drug-likeness (QED) is 0.0636. The molecule has 4 aromatic heterocycles. The maximum atomic E-state index is 13.0. The summed E-state index contributed by atoms with van der Waals surface area (Å²) in [6, 6.07) is 18.8. The highest BCUT2D eigenvalue weighted by atomic mass is 19.1. The fourth-order valence-electron chi connectivity index (χ4n) is 6.70. The Hall–Kier alpha value is -7.68. The van der Waals surface area contributed by atoms with Crippen LogP contribution in [0.4, 0.5) is 4.39 Å². The van der Waals surface area contributed by atoms with Gasteiger partial charge in [-0.2, -0.15) is 15.4 Å². The molecule has 3 amide bonds. The normalized spacial score (nSPS) is 12.8. The number of nitrogens with two attached hydrogens (primary N) is 2. The number of pyridine rings is 2. The molecule has 16 nitrogen and oxygen atoms in total. The SMILES string of the molecule is CC(C)C#CC(C)(C)O.CC(C)C(N)=O.CC(C)c1ccc(F)c(C(N)=O)c1.CC(C)c1ccc2c(c1)C(=O)NC2.CC(C)c1cn[nH]n1.CC(C)c1cnc2[nH]ccc2c1.COC1C=C(C(C)C)C=CN1.COc1cc(C(C)C)ccn1. The lowest BCUT2D eigenvalue weighted by Crippen LogP contribution is -2.27. The average molecular weight is 1150 g/mol. The molecular weight excluding hydrogens is 1050 g/mol. The number of ether oxygens (including phenoxy) is 2. The molecule has 0 fully saturated rings. The highest BCUT2D eigenvalue weighted by molar-refractivity contribution is 5.98. The minimum absolute atomic E-state index is 0.00926. The number of amides is 3. The number of rotatable bonds is 10. The van der Waals surface area contributed by atoms with Crippen molar-refractivity contribution in [3.05, 3.63) is 160 Å². The van der Waals surface area contributed by atoms with Gasteiger partial charge in [0.05, 0.1) is 24.6 Å². The molecule has 2 aliphatic rings. The Morgan fingerprint density at radius 2 is 1.34 bits per heavy atom. The molecule has 9 N–H and O–H groups in total. The molecule has 1 unspecified atom stereocenters. The molecule has 0 aliphatic carbocycles. The Morgan fingerprint density at radius 3 is 1.81 bits per heavy atom. The number of benzene rings is 2. The van der Waals surface area contributed by atoms with Crippen molar-refractivity contribution < 1.29 is 33.4 Å². The Morgan fingerprint density at radius 1 is 0.747 bits per heavy atom. The van der Waals surface area contributed by atoms with E-state index in [1.807, 2.05) is 76.6 Å². The van der Waals surface area contributed by atoms with Crippen molar-refractivity contribution in [1.82, 2.24) is 41.0 Å². The maximum absolute atomic E-state index is 13.0. The number of nitrogens with one attached hydrogen (secondary N) is 4. The van der Waals surface area contributed by atoms with Crippen molar-refractivity contribution in [2.24, 2.45) is 29.2 Å². The molecule has 0 radical (unpaired) electrons. The van der Waals surface area contributed by atoms with Crippen LogP contribution in [0.15, 0.2) is 109 Å². The highest BCUT2D eigenvalue weighted by Gasteiger charge is 2.19. The molecule has 0 saturated heterocycles. The van der Waals surface area contributed by atoms with Gasteiger partial charge in [0.1, 0.15) is 23.3 Å². The molecule has 0 saturated carbocycles. The van der Waals surface area contributed by atoms with E-state index < -0.39 is 17.3 Å². The molecule has 6 aromatic rings. The number of hydrogen-bond acceptors (Lipinski definition) is 11. The van der Waals surface area contributed by atoms with Crippen molar-refractivity contribution in [2.45, 2.75) is 173 Å². The smallest absolute Gasteiger partial charge is 0.251 e.